The Morgan fingerprint density at radius 1 is 1.13 bits per heavy atom. The van der Waals surface area contributed by atoms with E-state index in [9.17, 15) is 4.79 Å². The third-order valence-corrected chi connectivity index (χ3v) is 8.63. The molecule has 0 unspecified atom stereocenters. The van der Waals surface area contributed by atoms with E-state index in [1.807, 2.05) is 6.92 Å². The average Bonchev–Trinajstić information content (AvgIpc) is 2.85. The highest BCUT2D eigenvalue weighted by molar-refractivity contribution is 5.79. The van der Waals surface area contributed by atoms with Gasteiger partial charge in [-0.05, 0) is 86.9 Å². The number of nitrogens with two attached hydrogens (primary N) is 1. The fourth-order valence-corrected chi connectivity index (χ4v) is 7.36. The van der Waals surface area contributed by atoms with Gasteiger partial charge in [-0.2, -0.15) is 0 Å². The van der Waals surface area contributed by atoms with Gasteiger partial charge in [-0.15, -0.1) is 0 Å². The summed E-state index contributed by atoms with van der Waals surface area (Å²) in [5.74, 6) is 3.17. The molecule has 128 valence electrons. The van der Waals surface area contributed by atoms with Crippen molar-refractivity contribution in [2.24, 2.45) is 40.2 Å². The molecule has 0 saturated heterocycles. The van der Waals surface area contributed by atoms with Crippen molar-refractivity contribution >= 4 is 5.78 Å². The molecule has 0 radical (unpaired) electrons. The first-order valence-corrected chi connectivity index (χ1v) is 9.82. The van der Waals surface area contributed by atoms with Crippen LogP contribution in [0.5, 0.6) is 0 Å². The van der Waals surface area contributed by atoms with Crippen molar-refractivity contribution in [2.45, 2.75) is 78.2 Å². The molecular formula is C21H33NO. The molecule has 0 amide bonds. The molecule has 0 aromatic heterocycles. The summed E-state index contributed by atoms with van der Waals surface area (Å²) in [6.45, 7) is 6.79. The van der Waals surface area contributed by atoms with Crippen LogP contribution in [0.3, 0.4) is 0 Å². The van der Waals surface area contributed by atoms with E-state index in [0.29, 0.717) is 23.2 Å². The van der Waals surface area contributed by atoms with Gasteiger partial charge in [0.2, 0.25) is 0 Å². The summed E-state index contributed by atoms with van der Waals surface area (Å²) in [5, 5.41) is 0. The lowest BCUT2D eigenvalue weighted by Crippen LogP contribution is -2.51. The van der Waals surface area contributed by atoms with Gasteiger partial charge in [-0.25, -0.2) is 0 Å². The van der Waals surface area contributed by atoms with Gasteiger partial charge in [0.05, 0.1) is 0 Å². The van der Waals surface area contributed by atoms with Crippen LogP contribution in [0.1, 0.15) is 72.1 Å². The van der Waals surface area contributed by atoms with Crippen LogP contribution in [0.15, 0.2) is 11.6 Å². The molecule has 3 fully saturated rings. The van der Waals surface area contributed by atoms with E-state index in [1.165, 1.54) is 38.5 Å². The van der Waals surface area contributed by atoms with Crippen molar-refractivity contribution < 1.29 is 4.79 Å². The third kappa shape index (κ3) is 2.13. The minimum atomic E-state index is 0.278. The minimum Gasteiger partial charge on any atom is -0.327 e. The summed E-state index contributed by atoms with van der Waals surface area (Å²) in [5.41, 5.74) is 8.59. The largest absolute Gasteiger partial charge is 0.327 e. The van der Waals surface area contributed by atoms with Gasteiger partial charge in [-0.1, -0.05) is 25.5 Å². The number of rotatable bonds is 1. The molecular weight excluding hydrogens is 282 g/mol. The molecule has 4 aliphatic rings. The number of carbonyl (C=O) groups excluding carboxylic acids is 1. The Labute approximate surface area is 141 Å². The number of hydrogen-bond acceptors (Lipinski definition) is 2. The number of hydrogen-bond donors (Lipinski definition) is 1. The summed E-state index contributed by atoms with van der Waals surface area (Å²) in [7, 11) is 0. The van der Waals surface area contributed by atoms with E-state index < -0.39 is 0 Å². The average molecular weight is 316 g/mol. The molecule has 0 spiro atoms. The normalized spacial score (nSPS) is 52.2. The van der Waals surface area contributed by atoms with E-state index in [2.05, 4.69) is 19.9 Å². The van der Waals surface area contributed by atoms with Gasteiger partial charge in [0, 0.05) is 12.0 Å². The molecule has 2 heteroatoms. The Hall–Kier alpha value is -0.630. The summed E-state index contributed by atoms with van der Waals surface area (Å²) in [4.78, 5) is 12.2. The molecule has 7 atom stereocenters. The zero-order chi connectivity index (χ0) is 16.4. The SMILES string of the molecule is CC(=O)[C@H]1CC[C@@H]2[C@H]3CC=C4C[C@@H](N)CC[C@]4(C)[C@@H]3CC[C@]12C. The monoisotopic (exact) mass is 315 g/mol. The molecule has 4 aliphatic carbocycles. The van der Waals surface area contributed by atoms with E-state index in [0.717, 1.165) is 30.6 Å². The lowest BCUT2D eigenvalue weighted by Gasteiger charge is -2.58. The number of Topliss-reactive ketones (excluding diaryl/α,β-unsaturated/α-hetero) is 1. The first-order chi connectivity index (χ1) is 10.9. The van der Waals surface area contributed by atoms with Crippen LogP contribution in [0.4, 0.5) is 0 Å². The first-order valence-electron chi connectivity index (χ1n) is 9.82. The second-order valence-corrected chi connectivity index (χ2v) is 9.55. The molecule has 0 aromatic rings. The molecule has 0 aromatic carbocycles. The maximum absolute atomic E-state index is 12.2. The van der Waals surface area contributed by atoms with Crippen LogP contribution in [0, 0.1) is 34.5 Å². The second kappa shape index (κ2) is 5.18. The number of fused-ring (bicyclic) bond motifs is 5. The van der Waals surface area contributed by atoms with Crippen LogP contribution >= 0.6 is 0 Å². The molecule has 4 rings (SSSR count). The highest BCUT2D eigenvalue weighted by Crippen LogP contribution is 2.66. The fourth-order valence-electron chi connectivity index (χ4n) is 7.36. The van der Waals surface area contributed by atoms with Crippen LogP contribution in [0.25, 0.3) is 0 Å². The molecule has 23 heavy (non-hydrogen) atoms. The van der Waals surface area contributed by atoms with E-state index >= 15 is 0 Å². The van der Waals surface area contributed by atoms with Crippen LogP contribution < -0.4 is 5.73 Å². The maximum atomic E-state index is 12.2. The highest BCUT2D eigenvalue weighted by atomic mass is 16.1. The van der Waals surface area contributed by atoms with Crippen molar-refractivity contribution in [1.82, 2.24) is 0 Å². The lowest BCUT2D eigenvalue weighted by atomic mass is 9.47. The summed E-state index contributed by atoms with van der Waals surface area (Å²) >= 11 is 0. The fraction of sp³-hybridized carbons (Fsp3) is 0.857. The van der Waals surface area contributed by atoms with Gasteiger partial charge < -0.3 is 5.73 Å². The zero-order valence-corrected chi connectivity index (χ0v) is 15.1. The summed E-state index contributed by atoms with van der Waals surface area (Å²) < 4.78 is 0. The van der Waals surface area contributed by atoms with Crippen molar-refractivity contribution in [1.29, 1.82) is 0 Å². The predicted molar refractivity (Wildman–Crippen MR) is 93.8 cm³/mol. The number of ketones is 1. The van der Waals surface area contributed by atoms with E-state index in [4.69, 9.17) is 5.73 Å². The van der Waals surface area contributed by atoms with E-state index in [-0.39, 0.29) is 5.41 Å². The van der Waals surface area contributed by atoms with Crippen molar-refractivity contribution in [3.63, 3.8) is 0 Å². The van der Waals surface area contributed by atoms with Gasteiger partial charge in [0.25, 0.3) is 0 Å². The molecule has 0 aliphatic heterocycles. The maximum Gasteiger partial charge on any atom is 0.133 e. The standard InChI is InChI=1S/C21H33NO/c1-13(23)17-6-7-18-16-5-4-14-12-15(22)8-10-20(14,2)19(16)9-11-21(17,18)3/h4,15-19H,5-12,22H2,1-3H3/t15-,16+,17+,18+,19+,20-,21+/m0/s1. The quantitative estimate of drug-likeness (QED) is 0.725. The number of carbonyl (C=O) groups is 1. The second-order valence-electron chi connectivity index (χ2n) is 9.55. The van der Waals surface area contributed by atoms with Crippen molar-refractivity contribution in [3.8, 4) is 0 Å². The Bertz CT molecular complexity index is 552. The van der Waals surface area contributed by atoms with Crippen LogP contribution in [-0.2, 0) is 4.79 Å². The topological polar surface area (TPSA) is 43.1 Å². The van der Waals surface area contributed by atoms with Crippen molar-refractivity contribution in [3.05, 3.63) is 11.6 Å². The third-order valence-electron chi connectivity index (χ3n) is 8.63. The predicted octanol–water partition coefficient (Wildman–Crippen LogP) is 4.48. The van der Waals surface area contributed by atoms with Gasteiger partial charge in [0.1, 0.15) is 5.78 Å². The summed E-state index contributed by atoms with van der Waals surface area (Å²) in [6, 6.07) is 0.383. The highest BCUT2D eigenvalue weighted by Gasteiger charge is 2.59. The van der Waals surface area contributed by atoms with Gasteiger partial charge in [0.15, 0.2) is 0 Å². The Morgan fingerprint density at radius 2 is 1.91 bits per heavy atom. The molecule has 2 N–H and O–H groups in total. The van der Waals surface area contributed by atoms with Gasteiger partial charge in [-0.3, -0.25) is 4.79 Å². The molecule has 0 heterocycles. The van der Waals surface area contributed by atoms with Gasteiger partial charge >= 0.3 is 0 Å². The Balaban J connectivity index is 1.66. The zero-order valence-electron chi connectivity index (χ0n) is 15.1. The van der Waals surface area contributed by atoms with Crippen LogP contribution in [-0.4, -0.2) is 11.8 Å². The van der Waals surface area contributed by atoms with Crippen molar-refractivity contribution in [2.75, 3.05) is 0 Å². The Kier molecular flexibility index (Phi) is 3.58. The Morgan fingerprint density at radius 3 is 2.65 bits per heavy atom. The minimum absolute atomic E-state index is 0.278. The smallest absolute Gasteiger partial charge is 0.133 e. The van der Waals surface area contributed by atoms with Crippen LogP contribution in [0.2, 0.25) is 0 Å². The summed E-state index contributed by atoms with van der Waals surface area (Å²) in [6.07, 6.45) is 12.4. The molecule has 2 nitrogen and oxygen atoms in total. The number of allylic oxidation sites excluding steroid dienone is 1. The lowest BCUT2D eigenvalue weighted by molar-refractivity contribution is -0.127. The molecule has 0 bridgehead atoms. The molecule has 3 saturated carbocycles. The first kappa shape index (κ1) is 15.9. The van der Waals surface area contributed by atoms with E-state index in [1.54, 1.807) is 5.57 Å².